The van der Waals surface area contributed by atoms with Crippen LogP contribution in [0.15, 0.2) is 24.3 Å². The molecule has 4 nitrogen and oxygen atoms in total. The number of phenols is 1. The average Bonchev–Trinajstić information content (AvgIpc) is 2.17. The number of hydrogen-bond acceptors (Lipinski definition) is 3. The largest absolute Gasteiger partial charge is 0.508 e. The highest BCUT2D eigenvalue weighted by Gasteiger charge is 2.10. The molecule has 15 heavy (non-hydrogen) atoms. The summed E-state index contributed by atoms with van der Waals surface area (Å²) in [7, 11) is 0. The molecule has 76 valence electrons. The summed E-state index contributed by atoms with van der Waals surface area (Å²) in [5, 5.41) is 18.7. The van der Waals surface area contributed by atoms with Crippen molar-refractivity contribution in [2.75, 3.05) is 0 Å². The molecule has 0 fully saturated rings. The van der Waals surface area contributed by atoms with Gasteiger partial charge in [0.05, 0.1) is 11.1 Å². The molecule has 1 aromatic heterocycles. The first kappa shape index (κ1) is 9.45. The third-order valence-corrected chi connectivity index (χ3v) is 2.15. The lowest BCUT2D eigenvalue weighted by Gasteiger charge is -2.04. The quantitative estimate of drug-likeness (QED) is 0.743. The molecule has 0 saturated heterocycles. The van der Waals surface area contributed by atoms with E-state index in [0.29, 0.717) is 16.6 Å². The number of rotatable bonds is 1. The number of aromatic carboxylic acids is 1. The summed E-state index contributed by atoms with van der Waals surface area (Å²) in [5.74, 6) is -0.980. The predicted octanol–water partition coefficient (Wildman–Crippen LogP) is 1.95. The topological polar surface area (TPSA) is 70.4 Å². The van der Waals surface area contributed by atoms with Crippen molar-refractivity contribution in [1.82, 2.24) is 4.98 Å². The summed E-state index contributed by atoms with van der Waals surface area (Å²) < 4.78 is 0. The Morgan fingerprint density at radius 3 is 2.73 bits per heavy atom. The van der Waals surface area contributed by atoms with Crippen LogP contribution in [0.25, 0.3) is 10.9 Å². The number of carboxylic acids is 1. The summed E-state index contributed by atoms with van der Waals surface area (Å²) in [6.45, 7) is 1.73. The van der Waals surface area contributed by atoms with E-state index in [0.717, 1.165) is 0 Å². The van der Waals surface area contributed by atoms with Crippen LogP contribution >= 0.6 is 0 Å². The van der Waals surface area contributed by atoms with Gasteiger partial charge in [-0.1, -0.05) is 0 Å². The number of phenolic OH excluding ortho intramolecular Hbond substituents is 1. The summed E-state index contributed by atoms with van der Waals surface area (Å²) in [6, 6.07) is 5.99. The van der Waals surface area contributed by atoms with E-state index in [1.54, 1.807) is 13.0 Å². The van der Waals surface area contributed by atoms with Gasteiger partial charge in [-0.15, -0.1) is 0 Å². The van der Waals surface area contributed by atoms with Crippen LogP contribution in [0.1, 0.15) is 16.1 Å². The predicted molar refractivity (Wildman–Crippen MR) is 55.1 cm³/mol. The number of carboxylic acid groups (broad SMARTS) is 1. The van der Waals surface area contributed by atoms with Crippen molar-refractivity contribution >= 4 is 16.9 Å². The molecule has 4 heteroatoms. The van der Waals surface area contributed by atoms with Gasteiger partial charge in [0.15, 0.2) is 0 Å². The van der Waals surface area contributed by atoms with Gasteiger partial charge in [-0.25, -0.2) is 4.79 Å². The molecule has 0 aliphatic heterocycles. The van der Waals surface area contributed by atoms with Crippen molar-refractivity contribution in [3.63, 3.8) is 0 Å². The first-order valence-electron chi connectivity index (χ1n) is 4.41. The van der Waals surface area contributed by atoms with Gasteiger partial charge in [-0.05, 0) is 31.2 Å². The molecular formula is C11H9NO3. The van der Waals surface area contributed by atoms with Gasteiger partial charge < -0.3 is 10.2 Å². The zero-order valence-corrected chi connectivity index (χ0v) is 8.06. The van der Waals surface area contributed by atoms with Gasteiger partial charge in [-0.3, -0.25) is 4.98 Å². The molecule has 0 spiro atoms. The standard InChI is InChI=1S/C11H9NO3/c1-6-4-9(11(14)15)8-5-7(13)2-3-10(8)12-6/h2-5,13H,1H3,(H,14,15). The minimum atomic E-state index is -1.02. The van der Waals surface area contributed by atoms with Crippen LogP contribution in [-0.4, -0.2) is 21.2 Å². The number of benzene rings is 1. The maximum Gasteiger partial charge on any atom is 0.336 e. The van der Waals surface area contributed by atoms with E-state index in [-0.39, 0.29) is 11.3 Å². The zero-order valence-electron chi connectivity index (χ0n) is 8.06. The Hall–Kier alpha value is -2.10. The molecule has 1 heterocycles. The molecule has 0 amide bonds. The number of aromatic hydroxyl groups is 1. The van der Waals surface area contributed by atoms with Crippen LogP contribution in [0, 0.1) is 6.92 Å². The number of aromatic nitrogens is 1. The summed E-state index contributed by atoms with van der Waals surface area (Å²) in [6.07, 6.45) is 0. The number of carbonyl (C=O) groups is 1. The molecule has 1 aromatic carbocycles. The summed E-state index contributed by atoms with van der Waals surface area (Å²) >= 11 is 0. The van der Waals surface area contributed by atoms with Crippen LogP contribution in [0.2, 0.25) is 0 Å². The second-order valence-corrected chi connectivity index (χ2v) is 3.32. The monoisotopic (exact) mass is 203 g/mol. The van der Waals surface area contributed by atoms with E-state index in [9.17, 15) is 9.90 Å². The number of nitrogens with zero attached hydrogens (tertiary/aromatic N) is 1. The van der Waals surface area contributed by atoms with Gasteiger partial charge in [0.2, 0.25) is 0 Å². The fourth-order valence-electron chi connectivity index (χ4n) is 1.52. The third kappa shape index (κ3) is 1.61. The van der Waals surface area contributed by atoms with Crippen molar-refractivity contribution in [3.8, 4) is 5.75 Å². The molecule has 2 N–H and O–H groups in total. The zero-order chi connectivity index (χ0) is 11.0. The second kappa shape index (κ2) is 3.24. The van der Waals surface area contributed by atoms with Gasteiger partial charge in [-0.2, -0.15) is 0 Å². The smallest absolute Gasteiger partial charge is 0.336 e. The maximum absolute atomic E-state index is 11.0. The van der Waals surface area contributed by atoms with Gasteiger partial charge in [0.1, 0.15) is 5.75 Å². The van der Waals surface area contributed by atoms with E-state index in [1.807, 2.05) is 0 Å². The Labute approximate surface area is 85.8 Å². The molecule has 2 rings (SSSR count). The molecule has 0 aliphatic rings. The van der Waals surface area contributed by atoms with Crippen LogP contribution in [0.3, 0.4) is 0 Å². The highest BCUT2D eigenvalue weighted by atomic mass is 16.4. The Morgan fingerprint density at radius 2 is 2.07 bits per heavy atom. The van der Waals surface area contributed by atoms with E-state index < -0.39 is 5.97 Å². The molecular weight excluding hydrogens is 194 g/mol. The normalized spacial score (nSPS) is 10.5. The highest BCUT2D eigenvalue weighted by molar-refractivity contribution is 6.02. The van der Waals surface area contributed by atoms with Gasteiger partial charge >= 0.3 is 5.97 Å². The highest BCUT2D eigenvalue weighted by Crippen LogP contribution is 2.22. The first-order valence-corrected chi connectivity index (χ1v) is 4.41. The molecule has 0 saturated carbocycles. The van der Waals surface area contributed by atoms with Crippen molar-refractivity contribution in [2.45, 2.75) is 6.92 Å². The molecule has 0 atom stereocenters. The fraction of sp³-hybridized carbons (Fsp3) is 0.0909. The lowest BCUT2D eigenvalue weighted by atomic mass is 10.1. The molecule has 0 unspecified atom stereocenters. The number of hydrogen-bond donors (Lipinski definition) is 2. The van der Waals surface area contributed by atoms with E-state index in [2.05, 4.69) is 4.98 Å². The Morgan fingerprint density at radius 1 is 1.33 bits per heavy atom. The molecule has 0 radical (unpaired) electrons. The maximum atomic E-state index is 11.0. The number of pyridine rings is 1. The summed E-state index contributed by atoms with van der Waals surface area (Å²) in [5.41, 5.74) is 1.38. The molecule has 0 bridgehead atoms. The molecule has 2 aromatic rings. The first-order chi connectivity index (χ1) is 7.08. The Balaban J connectivity index is 2.87. The third-order valence-electron chi connectivity index (χ3n) is 2.15. The number of fused-ring (bicyclic) bond motifs is 1. The molecule has 0 aliphatic carbocycles. The van der Waals surface area contributed by atoms with Crippen molar-refractivity contribution in [1.29, 1.82) is 0 Å². The average molecular weight is 203 g/mol. The van der Waals surface area contributed by atoms with Gasteiger partial charge in [0.25, 0.3) is 0 Å². The summed E-state index contributed by atoms with van der Waals surface area (Å²) in [4.78, 5) is 15.2. The van der Waals surface area contributed by atoms with Crippen molar-refractivity contribution < 1.29 is 15.0 Å². The number of aryl methyl sites for hydroxylation is 1. The van der Waals surface area contributed by atoms with Crippen LogP contribution in [0.4, 0.5) is 0 Å². The van der Waals surface area contributed by atoms with Crippen LogP contribution in [0.5, 0.6) is 5.75 Å². The lowest BCUT2D eigenvalue weighted by Crippen LogP contribution is -1.99. The van der Waals surface area contributed by atoms with Crippen LogP contribution < -0.4 is 0 Å². The minimum absolute atomic E-state index is 0.0376. The van der Waals surface area contributed by atoms with E-state index in [4.69, 9.17) is 5.11 Å². The van der Waals surface area contributed by atoms with Crippen molar-refractivity contribution in [3.05, 3.63) is 35.5 Å². The van der Waals surface area contributed by atoms with Crippen LogP contribution in [-0.2, 0) is 0 Å². The Kier molecular flexibility index (Phi) is 2.04. The fourth-order valence-corrected chi connectivity index (χ4v) is 1.52. The van der Waals surface area contributed by atoms with Crippen molar-refractivity contribution in [2.24, 2.45) is 0 Å². The SMILES string of the molecule is Cc1cc(C(=O)O)c2cc(O)ccc2n1. The minimum Gasteiger partial charge on any atom is -0.508 e. The van der Waals surface area contributed by atoms with E-state index >= 15 is 0 Å². The second-order valence-electron chi connectivity index (χ2n) is 3.32. The lowest BCUT2D eigenvalue weighted by molar-refractivity contribution is 0.0699. The van der Waals surface area contributed by atoms with Gasteiger partial charge in [0, 0.05) is 11.1 Å². The van der Waals surface area contributed by atoms with E-state index in [1.165, 1.54) is 18.2 Å². The Bertz CT molecular complexity index is 549.